The lowest BCUT2D eigenvalue weighted by Crippen LogP contribution is -2.42. The molecule has 1 aliphatic rings. The van der Waals surface area contributed by atoms with Gasteiger partial charge in [0, 0.05) is 24.7 Å². The minimum Gasteiger partial charge on any atom is -0.338 e. The highest BCUT2D eigenvalue weighted by Gasteiger charge is 2.25. The second-order valence-corrected chi connectivity index (χ2v) is 5.46. The van der Waals surface area contributed by atoms with E-state index in [1.807, 2.05) is 36.1 Å². The van der Waals surface area contributed by atoms with Gasteiger partial charge in [0.15, 0.2) is 0 Å². The first-order valence-corrected chi connectivity index (χ1v) is 7.32. The van der Waals surface area contributed by atoms with E-state index in [9.17, 15) is 4.79 Å². The molecule has 0 saturated carbocycles. The molecule has 1 atom stereocenters. The Labute approximate surface area is 119 Å². The fraction of sp³-hybridized carbons (Fsp3) is 0.533. The smallest absolute Gasteiger partial charge is 0.227 e. The number of nitrogens with one attached hydrogen (secondary N) is 1. The lowest BCUT2D eigenvalue weighted by Gasteiger charge is -2.29. The summed E-state index contributed by atoms with van der Waals surface area (Å²) in [6, 6.07) is 7.73. The van der Waals surface area contributed by atoms with Gasteiger partial charge >= 0.3 is 0 Å². The predicted molar refractivity (Wildman–Crippen MR) is 78.1 cm³/mol. The van der Waals surface area contributed by atoms with Crippen LogP contribution >= 0.6 is 11.6 Å². The van der Waals surface area contributed by atoms with E-state index in [0.29, 0.717) is 6.54 Å². The predicted octanol–water partition coefficient (Wildman–Crippen LogP) is 2.69. The average molecular weight is 281 g/mol. The van der Waals surface area contributed by atoms with Crippen LogP contribution in [0.25, 0.3) is 0 Å². The van der Waals surface area contributed by atoms with Gasteiger partial charge in [-0.3, -0.25) is 4.79 Å². The molecular formula is C15H21ClN2O. The molecule has 19 heavy (non-hydrogen) atoms. The van der Waals surface area contributed by atoms with Gasteiger partial charge in [-0.25, -0.2) is 0 Å². The molecule has 1 heterocycles. The van der Waals surface area contributed by atoms with Gasteiger partial charge in [-0.15, -0.1) is 0 Å². The first-order chi connectivity index (χ1) is 9.20. The molecule has 1 aromatic carbocycles. The van der Waals surface area contributed by atoms with E-state index in [1.165, 1.54) is 0 Å². The van der Waals surface area contributed by atoms with Gasteiger partial charge in [0.2, 0.25) is 5.91 Å². The van der Waals surface area contributed by atoms with Gasteiger partial charge < -0.3 is 10.2 Å². The summed E-state index contributed by atoms with van der Waals surface area (Å²) >= 11 is 5.99. The van der Waals surface area contributed by atoms with Crippen LogP contribution in [0, 0.1) is 5.92 Å². The van der Waals surface area contributed by atoms with Gasteiger partial charge in [0.25, 0.3) is 0 Å². The second kappa shape index (κ2) is 6.92. The van der Waals surface area contributed by atoms with E-state index in [4.69, 9.17) is 11.6 Å². The zero-order chi connectivity index (χ0) is 13.7. The Bertz CT molecular complexity index is 430. The first kappa shape index (κ1) is 14.4. The number of rotatable bonds is 4. The van der Waals surface area contributed by atoms with Crippen molar-refractivity contribution >= 4 is 17.5 Å². The van der Waals surface area contributed by atoms with Crippen LogP contribution in [0.1, 0.15) is 25.3 Å². The zero-order valence-electron chi connectivity index (χ0n) is 11.4. The third kappa shape index (κ3) is 3.95. The highest BCUT2D eigenvalue weighted by Crippen LogP contribution is 2.17. The molecule has 0 aromatic heterocycles. The van der Waals surface area contributed by atoms with Crippen molar-refractivity contribution in [2.24, 2.45) is 5.92 Å². The number of carbonyl (C=O) groups is 1. The molecule has 104 valence electrons. The summed E-state index contributed by atoms with van der Waals surface area (Å²) in [4.78, 5) is 14.4. The molecule has 0 aliphatic carbocycles. The largest absolute Gasteiger partial charge is 0.338 e. The number of carbonyl (C=O) groups excluding carboxylic acids is 1. The zero-order valence-corrected chi connectivity index (χ0v) is 12.1. The molecule has 2 rings (SSSR count). The molecule has 1 amide bonds. The van der Waals surface area contributed by atoms with Crippen molar-refractivity contribution in [3.8, 4) is 0 Å². The Morgan fingerprint density at radius 1 is 1.53 bits per heavy atom. The lowest BCUT2D eigenvalue weighted by atomic mass is 9.98. The minimum atomic E-state index is 0.132. The van der Waals surface area contributed by atoms with Crippen molar-refractivity contribution in [1.29, 1.82) is 0 Å². The summed E-state index contributed by atoms with van der Waals surface area (Å²) in [6.45, 7) is 5.25. The van der Waals surface area contributed by atoms with Gasteiger partial charge in [0.1, 0.15) is 0 Å². The molecule has 1 aliphatic heterocycles. The third-order valence-corrected chi connectivity index (χ3v) is 3.84. The highest BCUT2D eigenvalue weighted by molar-refractivity contribution is 6.30. The Morgan fingerprint density at radius 2 is 2.37 bits per heavy atom. The Hall–Kier alpha value is -1.06. The van der Waals surface area contributed by atoms with Crippen LogP contribution in [0.5, 0.6) is 0 Å². The van der Waals surface area contributed by atoms with Crippen LogP contribution in [-0.2, 0) is 11.3 Å². The summed E-state index contributed by atoms with van der Waals surface area (Å²) in [6.07, 6.45) is 2.09. The first-order valence-electron chi connectivity index (χ1n) is 6.94. The number of benzene rings is 1. The van der Waals surface area contributed by atoms with Gasteiger partial charge in [-0.2, -0.15) is 0 Å². The fourth-order valence-electron chi connectivity index (χ4n) is 2.52. The number of hydrogen-bond donors (Lipinski definition) is 1. The highest BCUT2D eigenvalue weighted by atomic mass is 35.5. The van der Waals surface area contributed by atoms with Crippen LogP contribution in [0.15, 0.2) is 24.3 Å². The summed E-state index contributed by atoms with van der Waals surface area (Å²) in [7, 11) is 0. The number of nitrogens with zero attached hydrogens (tertiary/aromatic N) is 1. The van der Waals surface area contributed by atoms with Crippen molar-refractivity contribution in [1.82, 2.24) is 10.2 Å². The van der Waals surface area contributed by atoms with Crippen LogP contribution in [0.3, 0.4) is 0 Å². The van der Waals surface area contributed by atoms with Crippen LogP contribution < -0.4 is 5.32 Å². The van der Waals surface area contributed by atoms with Gasteiger partial charge in [0.05, 0.1) is 5.92 Å². The maximum atomic E-state index is 12.5. The number of piperidine rings is 1. The van der Waals surface area contributed by atoms with Gasteiger partial charge in [-0.05, 0) is 44.0 Å². The SMILES string of the molecule is CCN(Cc1cccc(Cl)c1)C(=O)[C@@H]1CCCNC1. The van der Waals surface area contributed by atoms with Crippen molar-refractivity contribution in [3.63, 3.8) is 0 Å². The molecule has 4 heteroatoms. The molecule has 1 aromatic rings. The van der Waals surface area contributed by atoms with Gasteiger partial charge in [-0.1, -0.05) is 23.7 Å². The van der Waals surface area contributed by atoms with E-state index >= 15 is 0 Å². The topological polar surface area (TPSA) is 32.3 Å². The van der Waals surface area contributed by atoms with Crippen LogP contribution in [0.2, 0.25) is 5.02 Å². The summed E-state index contributed by atoms with van der Waals surface area (Å²) in [5.74, 6) is 0.391. The fourth-order valence-corrected chi connectivity index (χ4v) is 2.73. The quantitative estimate of drug-likeness (QED) is 0.920. The molecule has 0 bridgehead atoms. The summed E-state index contributed by atoms with van der Waals surface area (Å²) in [5.41, 5.74) is 1.09. The second-order valence-electron chi connectivity index (χ2n) is 5.03. The molecule has 0 unspecified atom stereocenters. The summed E-state index contributed by atoms with van der Waals surface area (Å²) < 4.78 is 0. The molecule has 0 radical (unpaired) electrons. The molecule has 1 fully saturated rings. The molecular weight excluding hydrogens is 260 g/mol. The van der Waals surface area contributed by atoms with Crippen LogP contribution in [0.4, 0.5) is 0 Å². The van der Waals surface area contributed by atoms with Crippen LogP contribution in [-0.4, -0.2) is 30.4 Å². The summed E-state index contributed by atoms with van der Waals surface area (Å²) in [5, 5.41) is 4.02. The van der Waals surface area contributed by atoms with Crippen molar-refractivity contribution < 1.29 is 4.79 Å². The maximum absolute atomic E-state index is 12.5. The van der Waals surface area contributed by atoms with Crippen molar-refractivity contribution in [3.05, 3.63) is 34.9 Å². The Kier molecular flexibility index (Phi) is 5.23. The third-order valence-electron chi connectivity index (χ3n) is 3.60. The van der Waals surface area contributed by atoms with E-state index in [2.05, 4.69) is 5.32 Å². The Morgan fingerprint density at radius 3 is 3.00 bits per heavy atom. The number of amides is 1. The molecule has 3 nitrogen and oxygen atoms in total. The van der Waals surface area contributed by atoms with E-state index in [1.54, 1.807) is 0 Å². The van der Waals surface area contributed by atoms with Crippen molar-refractivity contribution in [2.75, 3.05) is 19.6 Å². The monoisotopic (exact) mass is 280 g/mol. The standard InChI is InChI=1S/C15H21ClN2O/c1-2-18(11-12-5-3-7-14(16)9-12)15(19)13-6-4-8-17-10-13/h3,5,7,9,13,17H,2,4,6,8,10-11H2,1H3/t13-/m1/s1. The van der Waals surface area contributed by atoms with E-state index in [0.717, 1.165) is 43.1 Å². The number of halogens is 1. The Balaban J connectivity index is 2.00. The van der Waals surface area contributed by atoms with E-state index < -0.39 is 0 Å². The lowest BCUT2D eigenvalue weighted by molar-refractivity contribution is -0.136. The molecule has 1 saturated heterocycles. The number of hydrogen-bond acceptors (Lipinski definition) is 2. The normalized spacial score (nSPS) is 19.2. The molecule has 0 spiro atoms. The van der Waals surface area contributed by atoms with Crippen molar-refractivity contribution in [2.45, 2.75) is 26.3 Å². The molecule has 1 N–H and O–H groups in total. The van der Waals surface area contributed by atoms with E-state index in [-0.39, 0.29) is 11.8 Å². The maximum Gasteiger partial charge on any atom is 0.227 e. The minimum absolute atomic E-state index is 0.132. The average Bonchev–Trinajstić information content (AvgIpc) is 2.45.